The van der Waals surface area contributed by atoms with Gasteiger partial charge < -0.3 is 10.6 Å². The Hall–Kier alpha value is -1.42. The minimum atomic E-state index is 0.153. The molecule has 2 N–H and O–H groups in total. The van der Waals surface area contributed by atoms with Gasteiger partial charge >= 0.3 is 0 Å². The highest BCUT2D eigenvalue weighted by molar-refractivity contribution is 5.92. The van der Waals surface area contributed by atoms with Crippen molar-refractivity contribution in [2.24, 2.45) is 11.8 Å². The molecule has 0 bridgehead atoms. The van der Waals surface area contributed by atoms with E-state index in [2.05, 4.69) is 36.4 Å². The zero-order chi connectivity index (χ0) is 15.2. The summed E-state index contributed by atoms with van der Waals surface area (Å²) in [5.41, 5.74) is 0.840. The lowest BCUT2D eigenvalue weighted by molar-refractivity contribution is -0.121. The third kappa shape index (κ3) is 4.81. The summed E-state index contributed by atoms with van der Waals surface area (Å²) in [6, 6.07) is 4.72. The third-order valence-electron chi connectivity index (χ3n) is 4.39. The first-order valence-electron chi connectivity index (χ1n) is 8.03. The van der Waals surface area contributed by atoms with Gasteiger partial charge in [-0.1, -0.05) is 13.8 Å². The molecule has 0 spiro atoms. The molecule has 1 fully saturated rings. The van der Waals surface area contributed by atoms with Gasteiger partial charge in [-0.25, -0.2) is 0 Å². The number of rotatable bonds is 5. The van der Waals surface area contributed by atoms with Crippen molar-refractivity contribution in [1.29, 1.82) is 0 Å². The average molecular weight is 289 g/mol. The summed E-state index contributed by atoms with van der Waals surface area (Å²) in [7, 11) is 0. The number of anilines is 1. The van der Waals surface area contributed by atoms with Crippen molar-refractivity contribution in [3.8, 4) is 0 Å². The molecule has 4 nitrogen and oxygen atoms in total. The van der Waals surface area contributed by atoms with Crippen molar-refractivity contribution >= 4 is 11.6 Å². The van der Waals surface area contributed by atoms with E-state index in [0.29, 0.717) is 18.0 Å². The molecule has 0 saturated heterocycles. The second kappa shape index (κ2) is 7.55. The standard InChI is InChI=1S/C17H27N3O/c1-12(2)19-13(3)14-4-6-15(7-5-14)17(21)20-16-8-10-18-11-9-16/h8-15,19H,4-7H2,1-3H3,(H,18,20,21)/t13-,14?,15?/m1/s1. The molecule has 1 aliphatic carbocycles. The number of hydrogen-bond acceptors (Lipinski definition) is 3. The van der Waals surface area contributed by atoms with Gasteiger partial charge in [-0.15, -0.1) is 0 Å². The van der Waals surface area contributed by atoms with Crippen LogP contribution in [-0.4, -0.2) is 23.0 Å². The van der Waals surface area contributed by atoms with Gasteiger partial charge in [0.15, 0.2) is 0 Å². The molecule has 0 radical (unpaired) electrons. The van der Waals surface area contributed by atoms with E-state index in [4.69, 9.17) is 0 Å². The van der Waals surface area contributed by atoms with Crippen LogP contribution >= 0.6 is 0 Å². The SMILES string of the molecule is CC(C)N[C@H](C)C1CCC(C(=O)Nc2ccncc2)CC1. The Kier molecular flexibility index (Phi) is 5.74. The summed E-state index contributed by atoms with van der Waals surface area (Å²) >= 11 is 0. The summed E-state index contributed by atoms with van der Waals surface area (Å²) in [6.07, 6.45) is 7.65. The van der Waals surface area contributed by atoms with E-state index >= 15 is 0 Å². The van der Waals surface area contributed by atoms with Crippen LogP contribution in [0.2, 0.25) is 0 Å². The molecule has 1 amide bonds. The maximum absolute atomic E-state index is 12.3. The zero-order valence-corrected chi connectivity index (χ0v) is 13.3. The fourth-order valence-electron chi connectivity index (χ4n) is 3.22. The molecule has 1 saturated carbocycles. The van der Waals surface area contributed by atoms with Crippen LogP contribution < -0.4 is 10.6 Å². The van der Waals surface area contributed by atoms with E-state index in [1.54, 1.807) is 12.4 Å². The van der Waals surface area contributed by atoms with Crippen LogP contribution in [0.1, 0.15) is 46.5 Å². The molecule has 1 aliphatic rings. The van der Waals surface area contributed by atoms with Crippen LogP contribution in [0.3, 0.4) is 0 Å². The predicted octanol–water partition coefficient (Wildman–Crippen LogP) is 3.21. The fraction of sp³-hybridized carbons (Fsp3) is 0.647. The maximum Gasteiger partial charge on any atom is 0.227 e. The highest BCUT2D eigenvalue weighted by Crippen LogP contribution is 2.31. The lowest BCUT2D eigenvalue weighted by Crippen LogP contribution is -2.40. The third-order valence-corrected chi connectivity index (χ3v) is 4.39. The van der Waals surface area contributed by atoms with Gasteiger partial charge in [0.25, 0.3) is 0 Å². The summed E-state index contributed by atoms with van der Waals surface area (Å²) in [6.45, 7) is 6.64. The van der Waals surface area contributed by atoms with E-state index in [0.717, 1.165) is 31.4 Å². The minimum Gasteiger partial charge on any atom is -0.326 e. The second-order valence-electron chi connectivity index (χ2n) is 6.45. The molecule has 1 atom stereocenters. The van der Waals surface area contributed by atoms with Crippen molar-refractivity contribution in [1.82, 2.24) is 10.3 Å². The molecule has 0 aromatic carbocycles. The van der Waals surface area contributed by atoms with Gasteiger partial charge in [-0.3, -0.25) is 9.78 Å². The maximum atomic E-state index is 12.3. The first-order valence-corrected chi connectivity index (χ1v) is 8.03. The molecular formula is C17H27N3O. The van der Waals surface area contributed by atoms with Gasteiger partial charge in [0.1, 0.15) is 0 Å². The number of pyridine rings is 1. The van der Waals surface area contributed by atoms with Crippen molar-refractivity contribution in [2.45, 2.75) is 58.5 Å². The highest BCUT2D eigenvalue weighted by atomic mass is 16.1. The van der Waals surface area contributed by atoms with Crippen LogP contribution in [0.4, 0.5) is 5.69 Å². The Morgan fingerprint density at radius 3 is 2.33 bits per heavy atom. The molecule has 116 valence electrons. The molecule has 2 rings (SSSR count). The number of aromatic nitrogens is 1. The lowest BCUT2D eigenvalue weighted by Gasteiger charge is -2.33. The normalized spacial score (nSPS) is 23.8. The van der Waals surface area contributed by atoms with Gasteiger partial charge in [0, 0.05) is 36.1 Å². The van der Waals surface area contributed by atoms with Gasteiger partial charge in [0.05, 0.1) is 0 Å². The number of carbonyl (C=O) groups excluding carboxylic acids is 1. The van der Waals surface area contributed by atoms with E-state index in [9.17, 15) is 4.79 Å². The number of amides is 1. The Labute approximate surface area is 127 Å². The first kappa shape index (κ1) is 16.0. The molecule has 0 unspecified atom stereocenters. The summed E-state index contributed by atoms with van der Waals surface area (Å²) in [5.74, 6) is 1.00. The smallest absolute Gasteiger partial charge is 0.227 e. The van der Waals surface area contributed by atoms with E-state index in [-0.39, 0.29) is 11.8 Å². The number of hydrogen-bond donors (Lipinski definition) is 2. The van der Waals surface area contributed by atoms with E-state index in [1.165, 1.54) is 0 Å². The Bertz CT molecular complexity index is 439. The largest absolute Gasteiger partial charge is 0.326 e. The van der Waals surface area contributed by atoms with Crippen LogP contribution in [-0.2, 0) is 4.79 Å². The molecule has 1 aromatic heterocycles. The van der Waals surface area contributed by atoms with E-state index < -0.39 is 0 Å². The minimum absolute atomic E-state index is 0.153. The monoisotopic (exact) mass is 289 g/mol. The Morgan fingerprint density at radius 1 is 1.14 bits per heavy atom. The number of carbonyl (C=O) groups is 1. The molecule has 1 heterocycles. The second-order valence-corrected chi connectivity index (χ2v) is 6.45. The first-order chi connectivity index (χ1) is 10.1. The number of nitrogens with one attached hydrogen (secondary N) is 2. The summed E-state index contributed by atoms with van der Waals surface area (Å²) in [4.78, 5) is 16.2. The summed E-state index contributed by atoms with van der Waals surface area (Å²) < 4.78 is 0. The predicted molar refractivity (Wildman–Crippen MR) is 86.0 cm³/mol. The molecule has 4 heteroatoms. The quantitative estimate of drug-likeness (QED) is 0.875. The van der Waals surface area contributed by atoms with Crippen molar-refractivity contribution in [3.05, 3.63) is 24.5 Å². The van der Waals surface area contributed by atoms with Crippen LogP contribution in [0.5, 0.6) is 0 Å². The van der Waals surface area contributed by atoms with Gasteiger partial charge in [-0.05, 0) is 50.7 Å². The van der Waals surface area contributed by atoms with Crippen LogP contribution in [0.15, 0.2) is 24.5 Å². The fourth-order valence-corrected chi connectivity index (χ4v) is 3.22. The molecule has 21 heavy (non-hydrogen) atoms. The average Bonchev–Trinajstić information content (AvgIpc) is 2.47. The lowest BCUT2D eigenvalue weighted by atomic mass is 9.78. The van der Waals surface area contributed by atoms with E-state index in [1.807, 2.05) is 12.1 Å². The molecule has 0 aliphatic heterocycles. The zero-order valence-electron chi connectivity index (χ0n) is 13.3. The Balaban J connectivity index is 1.79. The topological polar surface area (TPSA) is 54.0 Å². The van der Waals surface area contributed by atoms with Crippen molar-refractivity contribution in [3.63, 3.8) is 0 Å². The van der Waals surface area contributed by atoms with Crippen LogP contribution in [0, 0.1) is 11.8 Å². The van der Waals surface area contributed by atoms with Gasteiger partial charge in [-0.2, -0.15) is 0 Å². The molecule has 1 aromatic rings. The highest BCUT2D eigenvalue weighted by Gasteiger charge is 2.29. The molecular weight excluding hydrogens is 262 g/mol. The number of nitrogens with zero attached hydrogens (tertiary/aromatic N) is 1. The van der Waals surface area contributed by atoms with Crippen LogP contribution in [0.25, 0.3) is 0 Å². The summed E-state index contributed by atoms with van der Waals surface area (Å²) in [5, 5.41) is 6.58. The Morgan fingerprint density at radius 2 is 1.76 bits per heavy atom. The van der Waals surface area contributed by atoms with Crippen molar-refractivity contribution in [2.75, 3.05) is 5.32 Å². The van der Waals surface area contributed by atoms with Crippen molar-refractivity contribution < 1.29 is 4.79 Å². The van der Waals surface area contributed by atoms with Gasteiger partial charge in [0.2, 0.25) is 5.91 Å².